The highest BCUT2D eigenvalue weighted by molar-refractivity contribution is 9.10. The zero-order valence-electron chi connectivity index (χ0n) is 5.01. The van der Waals surface area contributed by atoms with Gasteiger partial charge < -0.3 is 5.21 Å². The van der Waals surface area contributed by atoms with E-state index in [0.29, 0.717) is 9.21 Å². The van der Waals surface area contributed by atoms with Crippen molar-refractivity contribution in [2.24, 2.45) is 5.16 Å². The lowest BCUT2D eigenvalue weighted by Crippen LogP contribution is -1.83. The van der Waals surface area contributed by atoms with Crippen molar-refractivity contribution in [1.82, 2.24) is 0 Å². The van der Waals surface area contributed by atoms with Gasteiger partial charge in [0.15, 0.2) is 5.17 Å². The number of nitrogens with zero attached hydrogens (tertiary/aromatic N) is 1. The summed E-state index contributed by atoms with van der Waals surface area (Å²) in [5, 5.41) is 11.2. The first kappa shape index (κ1) is 9.32. The Morgan fingerprint density at radius 1 is 1.73 bits per heavy atom. The van der Waals surface area contributed by atoms with Gasteiger partial charge >= 0.3 is 0 Å². The quantitative estimate of drug-likeness (QED) is 0.474. The molecule has 0 fully saturated rings. The molecule has 1 aromatic heterocycles. The number of halogens is 3. The Kier molecular flexibility index (Phi) is 3.18. The largest absolute Gasteiger partial charge is 0.410 e. The van der Waals surface area contributed by atoms with E-state index in [0.717, 1.165) is 4.47 Å². The van der Waals surface area contributed by atoms with Crippen molar-refractivity contribution >= 4 is 55.6 Å². The van der Waals surface area contributed by atoms with Crippen LogP contribution in [0.3, 0.4) is 0 Å². The molecule has 0 saturated heterocycles. The van der Waals surface area contributed by atoms with Gasteiger partial charge in [-0.05, 0) is 22.0 Å². The molecule has 0 aliphatic heterocycles. The van der Waals surface area contributed by atoms with Crippen LogP contribution in [0.1, 0.15) is 4.88 Å². The van der Waals surface area contributed by atoms with Gasteiger partial charge in [-0.1, -0.05) is 28.4 Å². The van der Waals surface area contributed by atoms with E-state index in [1.807, 2.05) is 0 Å². The summed E-state index contributed by atoms with van der Waals surface area (Å²) < 4.78 is 1.34. The van der Waals surface area contributed by atoms with E-state index in [1.54, 1.807) is 6.07 Å². The molecule has 2 nitrogen and oxygen atoms in total. The summed E-state index contributed by atoms with van der Waals surface area (Å²) in [4.78, 5) is 0.631. The standard InChI is InChI=1S/C5H2BrCl2NOS/c6-2-1-3(4(7)9-10)11-5(2)8/h1,10H. The normalized spacial score (nSPS) is 12.1. The lowest BCUT2D eigenvalue weighted by Gasteiger charge is -1.84. The molecule has 0 aliphatic rings. The summed E-state index contributed by atoms with van der Waals surface area (Å²) in [6.07, 6.45) is 0. The van der Waals surface area contributed by atoms with Crippen molar-refractivity contribution in [2.45, 2.75) is 0 Å². The molecule has 1 rings (SSSR count). The maximum atomic E-state index is 8.29. The second kappa shape index (κ2) is 3.76. The second-order valence-corrected chi connectivity index (χ2v) is 4.49. The number of oxime groups is 1. The third-order valence-corrected chi connectivity index (χ3v) is 3.81. The maximum absolute atomic E-state index is 8.29. The molecule has 0 unspecified atom stereocenters. The molecule has 0 aromatic carbocycles. The Morgan fingerprint density at radius 3 is 2.73 bits per heavy atom. The summed E-state index contributed by atoms with van der Waals surface area (Å²) >= 11 is 15.7. The first-order valence-electron chi connectivity index (χ1n) is 2.48. The Labute approximate surface area is 85.6 Å². The highest BCUT2D eigenvalue weighted by Gasteiger charge is 2.08. The average Bonchev–Trinajstić information content (AvgIpc) is 2.31. The van der Waals surface area contributed by atoms with Crippen LogP contribution in [-0.2, 0) is 0 Å². The number of hydrogen-bond donors (Lipinski definition) is 1. The molecule has 1 N–H and O–H groups in total. The van der Waals surface area contributed by atoms with E-state index >= 15 is 0 Å². The van der Waals surface area contributed by atoms with Crippen molar-refractivity contribution < 1.29 is 5.21 Å². The molecule has 0 aliphatic carbocycles. The molecule has 6 heteroatoms. The monoisotopic (exact) mass is 273 g/mol. The predicted molar refractivity (Wildman–Crippen MR) is 51.2 cm³/mol. The Balaban J connectivity index is 3.07. The highest BCUT2D eigenvalue weighted by atomic mass is 79.9. The smallest absolute Gasteiger partial charge is 0.185 e. The molecule has 1 heterocycles. The number of hydrogen-bond acceptors (Lipinski definition) is 3. The fourth-order valence-corrected chi connectivity index (χ4v) is 2.25. The molecule has 0 amide bonds. The fraction of sp³-hybridized carbons (Fsp3) is 0. The summed E-state index contributed by atoms with van der Waals surface area (Å²) in [6.45, 7) is 0. The van der Waals surface area contributed by atoms with Crippen molar-refractivity contribution in [3.63, 3.8) is 0 Å². The summed E-state index contributed by atoms with van der Waals surface area (Å²) in [6, 6.07) is 1.69. The van der Waals surface area contributed by atoms with Crippen LogP contribution < -0.4 is 0 Å². The Bertz CT molecular complexity index is 279. The first-order valence-corrected chi connectivity index (χ1v) is 4.84. The van der Waals surface area contributed by atoms with Crippen molar-refractivity contribution in [2.75, 3.05) is 0 Å². The van der Waals surface area contributed by atoms with Crippen LogP contribution in [0.2, 0.25) is 4.34 Å². The second-order valence-electron chi connectivity index (χ2n) is 1.62. The van der Waals surface area contributed by atoms with Gasteiger partial charge in [-0.15, -0.1) is 11.3 Å². The molecule has 11 heavy (non-hydrogen) atoms. The number of thiophene rings is 1. The van der Waals surface area contributed by atoms with Gasteiger partial charge in [-0.2, -0.15) is 0 Å². The molecular formula is C5H2BrCl2NOS. The Morgan fingerprint density at radius 2 is 2.36 bits per heavy atom. The summed E-state index contributed by atoms with van der Waals surface area (Å²) in [5.74, 6) is 0. The van der Waals surface area contributed by atoms with Crippen molar-refractivity contribution in [1.29, 1.82) is 0 Å². The van der Waals surface area contributed by atoms with Crippen LogP contribution in [0.4, 0.5) is 0 Å². The molecule has 0 bridgehead atoms. The van der Waals surface area contributed by atoms with E-state index in [9.17, 15) is 0 Å². The predicted octanol–water partition coefficient (Wildman–Crippen LogP) is 3.54. The fourth-order valence-electron chi connectivity index (χ4n) is 0.498. The lowest BCUT2D eigenvalue weighted by atomic mass is 10.5. The zero-order valence-corrected chi connectivity index (χ0v) is 8.93. The SMILES string of the molecule is ON=C(Cl)c1cc(Br)c(Cl)s1. The van der Waals surface area contributed by atoms with Gasteiger partial charge in [-0.3, -0.25) is 0 Å². The molecular weight excluding hydrogens is 273 g/mol. The lowest BCUT2D eigenvalue weighted by molar-refractivity contribution is 0.321. The molecule has 60 valence electrons. The van der Waals surface area contributed by atoms with Gasteiger partial charge in [0.2, 0.25) is 0 Å². The third-order valence-electron chi connectivity index (χ3n) is 0.936. The van der Waals surface area contributed by atoms with E-state index in [4.69, 9.17) is 28.4 Å². The minimum Gasteiger partial charge on any atom is -0.410 e. The van der Waals surface area contributed by atoms with Crippen LogP contribution in [0.25, 0.3) is 0 Å². The van der Waals surface area contributed by atoms with Crippen molar-refractivity contribution in [3.8, 4) is 0 Å². The Hall–Kier alpha value is 0.230. The van der Waals surface area contributed by atoms with Gasteiger partial charge in [0, 0.05) is 4.47 Å². The van der Waals surface area contributed by atoms with Crippen LogP contribution in [0, 0.1) is 0 Å². The van der Waals surface area contributed by atoms with E-state index in [1.165, 1.54) is 11.3 Å². The van der Waals surface area contributed by atoms with Gasteiger partial charge in [0.25, 0.3) is 0 Å². The van der Waals surface area contributed by atoms with E-state index < -0.39 is 0 Å². The summed E-state index contributed by atoms with van der Waals surface area (Å²) in [7, 11) is 0. The molecule has 1 aromatic rings. The summed E-state index contributed by atoms with van der Waals surface area (Å²) in [5.41, 5.74) is 0. The molecule has 0 atom stereocenters. The highest BCUT2D eigenvalue weighted by Crippen LogP contribution is 2.32. The first-order chi connectivity index (χ1) is 5.15. The molecule has 0 spiro atoms. The minimum absolute atomic E-state index is 0.0441. The molecule has 0 radical (unpaired) electrons. The number of rotatable bonds is 1. The third kappa shape index (κ3) is 2.08. The van der Waals surface area contributed by atoms with Crippen LogP contribution >= 0.6 is 50.5 Å². The van der Waals surface area contributed by atoms with E-state index in [-0.39, 0.29) is 5.17 Å². The topological polar surface area (TPSA) is 32.6 Å². The minimum atomic E-state index is 0.0441. The van der Waals surface area contributed by atoms with Crippen LogP contribution in [0.15, 0.2) is 15.7 Å². The van der Waals surface area contributed by atoms with Gasteiger partial charge in [-0.25, -0.2) is 0 Å². The zero-order chi connectivity index (χ0) is 8.43. The van der Waals surface area contributed by atoms with E-state index in [2.05, 4.69) is 21.1 Å². The average molecular weight is 275 g/mol. The van der Waals surface area contributed by atoms with Crippen LogP contribution in [-0.4, -0.2) is 10.4 Å². The molecule has 0 saturated carbocycles. The van der Waals surface area contributed by atoms with Crippen LogP contribution in [0.5, 0.6) is 0 Å². The van der Waals surface area contributed by atoms with Gasteiger partial charge in [0.1, 0.15) is 4.34 Å². The maximum Gasteiger partial charge on any atom is 0.185 e. The van der Waals surface area contributed by atoms with Crippen molar-refractivity contribution in [3.05, 3.63) is 19.8 Å². The van der Waals surface area contributed by atoms with Gasteiger partial charge in [0.05, 0.1) is 4.88 Å².